The summed E-state index contributed by atoms with van der Waals surface area (Å²) in [6.45, 7) is 8.61. The van der Waals surface area contributed by atoms with Gasteiger partial charge in [0, 0.05) is 22.6 Å². The number of benzene rings is 2. The van der Waals surface area contributed by atoms with Gasteiger partial charge in [0.2, 0.25) is 0 Å². The highest BCUT2D eigenvalue weighted by Gasteiger charge is 2.26. The van der Waals surface area contributed by atoms with E-state index in [1.165, 1.54) is 0 Å². The number of carboxylic acid groups (broad SMARTS) is 1. The van der Waals surface area contributed by atoms with Crippen LogP contribution in [0.25, 0.3) is 32.7 Å². The van der Waals surface area contributed by atoms with Crippen molar-refractivity contribution in [3.63, 3.8) is 0 Å². The average molecular weight is 561 g/mol. The number of amides is 1. The molecule has 0 aliphatic heterocycles. The van der Waals surface area contributed by atoms with Crippen molar-refractivity contribution in [2.45, 2.75) is 44.9 Å². The molecule has 0 saturated carbocycles. The highest BCUT2D eigenvalue weighted by Crippen LogP contribution is 2.41. The molecule has 5 aromatic rings. The zero-order valence-corrected chi connectivity index (χ0v) is 23.7. The summed E-state index contributed by atoms with van der Waals surface area (Å²) in [7, 11) is -4.28. The topological polar surface area (TPSA) is 114 Å². The van der Waals surface area contributed by atoms with E-state index in [4.69, 9.17) is 15.1 Å². The molecule has 0 saturated heterocycles. The lowest BCUT2D eigenvalue weighted by Crippen LogP contribution is -2.28. The van der Waals surface area contributed by atoms with Crippen LogP contribution in [0.4, 0.5) is 4.79 Å². The maximum atomic E-state index is 13.0. The molecule has 3 heterocycles. The van der Waals surface area contributed by atoms with Crippen molar-refractivity contribution < 1.29 is 18.3 Å². The summed E-state index contributed by atoms with van der Waals surface area (Å²) in [5.41, 5.74) is 7.81. The first kappa shape index (κ1) is 26.6. The quantitative estimate of drug-likeness (QED) is 0.241. The van der Waals surface area contributed by atoms with Gasteiger partial charge in [-0.3, -0.25) is 0 Å². The molecule has 3 aromatic heterocycles. The highest BCUT2D eigenvalue weighted by atomic mass is 32.2. The van der Waals surface area contributed by atoms with Crippen LogP contribution in [0, 0.1) is 20.8 Å². The molecule has 2 aromatic carbocycles. The predicted octanol–water partition coefficient (Wildman–Crippen LogP) is 6.32. The van der Waals surface area contributed by atoms with Crippen molar-refractivity contribution in [2.75, 3.05) is 0 Å². The van der Waals surface area contributed by atoms with Gasteiger partial charge >= 0.3 is 6.09 Å². The van der Waals surface area contributed by atoms with Gasteiger partial charge in [0.25, 0.3) is 10.0 Å². The Hall–Kier alpha value is -4.02. The fraction of sp³-hybridized carbons (Fsp3) is 0.207. The van der Waals surface area contributed by atoms with E-state index in [9.17, 15) is 13.2 Å². The zero-order valence-electron chi connectivity index (χ0n) is 22.0. The van der Waals surface area contributed by atoms with Gasteiger partial charge in [-0.25, -0.2) is 27.9 Å². The van der Waals surface area contributed by atoms with Crippen molar-refractivity contribution in [2.24, 2.45) is 0 Å². The lowest BCUT2D eigenvalue weighted by Gasteiger charge is -2.10. The maximum absolute atomic E-state index is 13.0. The molecule has 39 heavy (non-hydrogen) atoms. The number of pyridine rings is 1. The Balaban J connectivity index is 1.56. The number of rotatable bonds is 7. The van der Waals surface area contributed by atoms with E-state index >= 15 is 0 Å². The normalized spacial score (nSPS) is 11.7. The van der Waals surface area contributed by atoms with E-state index in [-0.39, 0.29) is 4.21 Å². The number of fused-ring (bicyclic) bond motifs is 1. The predicted molar refractivity (Wildman–Crippen MR) is 154 cm³/mol. The van der Waals surface area contributed by atoms with Crippen molar-refractivity contribution in [3.05, 3.63) is 88.9 Å². The van der Waals surface area contributed by atoms with Crippen LogP contribution in [0.2, 0.25) is 0 Å². The number of aryl methyl sites for hydroxylation is 4. The summed E-state index contributed by atoms with van der Waals surface area (Å²) < 4.78 is 29.8. The van der Waals surface area contributed by atoms with Crippen LogP contribution in [0.5, 0.6) is 0 Å². The third-order valence-electron chi connectivity index (χ3n) is 6.60. The van der Waals surface area contributed by atoms with Crippen LogP contribution >= 0.6 is 11.3 Å². The summed E-state index contributed by atoms with van der Waals surface area (Å²) in [6.07, 6.45) is -0.859. The molecule has 0 unspecified atom stereocenters. The minimum absolute atomic E-state index is 0.0417. The molecule has 10 heteroatoms. The van der Waals surface area contributed by atoms with Gasteiger partial charge in [-0.2, -0.15) is 0 Å². The Bertz CT molecular complexity index is 1820. The summed E-state index contributed by atoms with van der Waals surface area (Å²) in [5.74, 6) is 0.948. The number of carbonyl (C=O) groups is 1. The van der Waals surface area contributed by atoms with Crippen molar-refractivity contribution in [1.29, 1.82) is 0 Å². The number of aromatic nitrogens is 3. The van der Waals surface area contributed by atoms with Gasteiger partial charge in [-0.05, 0) is 60.7 Å². The monoisotopic (exact) mass is 560 g/mol. The Morgan fingerprint density at radius 1 is 0.974 bits per heavy atom. The minimum atomic E-state index is -4.28. The number of thiophene rings is 1. The van der Waals surface area contributed by atoms with Gasteiger partial charge in [-0.1, -0.05) is 55.5 Å². The first-order valence-corrected chi connectivity index (χ1v) is 14.8. The number of hydrogen-bond donors (Lipinski definition) is 2. The molecular formula is C29H28N4O4S2. The molecule has 0 fully saturated rings. The standard InChI is InChI=1S/C29H28N4O4S2/c1-5-25-31-26-18(3)14-19(4)30-27(26)33(25)16-20-10-12-21(13-11-20)23-15-24(22-9-7-6-8-17(22)2)38-28(23)39(36,37)32-29(34)35/h6-15,32H,5,16H2,1-4H3,(H,34,35). The molecule has 0 spiro atoms. The Labute approximate surface area is 231 Å². The summed E-state index contributed by atoms with van der Waals surface area (Å²) in [5, 5.41) is 9.15. The molecule has 0 radical (unpaired) electrons. The Morgan fingerprint density at radius 3 is 2.36 bits per heavy atom. The lowest BCUT2D eigenvalue weighted by molar-refractivity contribution is 0.201. The minimum Gasteiger partial charge on any atom is -0.464 e. The van der Waals surface area contributed by atoms with Crippen LogP contribution in [0.1, 0.15) is 35.1 Å². The van der Waals surface area contributed by atoms with E-state index in [2.05, 4.69) is 11.5 Å². The molecule has 2 N–H and O–H groups in total. The third kappa shape index (κ3) is 5.17. The second kappa shape index (κ2) is 10.3. The van der Waals surface area contributed by atoms with Crippen LogP contribution in [0.15, 0.2) is 64.9 Å². The molecule has 0 aliphatic carbocycles. The van der Waals surface area contributed by atoms with E-state index in [0.29, 0.717) is 17.7 Å². The second-order valence-corrected chi connectivity index (χ2v) is 12.4. The maximum Gasteiger partial charge on any atom is 0.418 e. The van der Waals surface area contributed by atoms with Crippen molar-refractivity contribution in [3.8, 4) is 21.6 Å². The van der Waals surface area contributed by atoms with Crippen LogP contribution < -0.4 is 4.72 Å². The van der Waals surface area contributed by atoms with E-state index in [1.54, 1.807) is 4.72 Å². The van der Waals surface area contributed by atoms with E-state index in [1.807, 2.05) is 81.4 Å². The van der Waals surface area contributed by atoms with E-state index < -0.39 is 16.1 Å². The van der Waals surface area contributed by atoms with Gasteiger partial charge in [0.15, 0.2) is 5.65 Å². The fourth-order valence-electron chi connectivity index (χ4n) is 4.78. The van der Waals surface area contributed by atoms with Crippen molar-refractivity contribution in [1.82, 2.24) is 19.3 Å². The number of nitrogens with zero attached hydrogens (tertiary/aromatic N) is 3. The smallest absolute Gasteiger partial charge is 0.418 e. The number of nitrogens with one attached hydrogen (secondary N) is 1. The molecule has 0 aliphatic rings. The van der Waals surface area contributed by atoms with E-state index in [0.717, 1.165) is 67.6 Å². The van der Waals surface area contributed by atoms with Gasteiger partial charge in [0.1, 0.15) is 15.6 Å². The molecule has 0 atom stereocenters. The zero-order chi connectivity index (χ0) is 27.9. The Kier molecular flexibility index (Phi) is 7.00. The van der Waals surface area contributed by atoms with Crippen LogP contribution in [-0.4, -0.2) is 34.2 Å². The fourth-order valence-corrected chi connectivity index (χ4v) is 7.40. The highest BCUT2D eigenvalue weighted by molar-refractivity contribution is 7.92. The first-order chi connectivity index (χ1) is 18.6. The molecule has 5 rings (SSSR count). The largest absolute Gasteiger partial charge is 0.464 e. The van der Waals surface area contributed by atoms with Gasteiger partial charge in [-0.15, -0.1) is 11.3 Å². The van der Waals surface area contributed by atoms with Crippen LogP contribution in [0.3, 0.4) is 0 Å². The Morgan fingerprint density at radius 2 is 1.69 bits per heavy atom. The van der Waals surface area contributed by atoms with Gasteiger partial charge < -0.3 is 9.67 Å². The molecule has 200 valence electrons. The third-order valence-corrected chi connectivity index (χ3v) is 9.62. The lowest BCUT2D eigenvalue weighted by atomic mass is 10.0. The second-order valence-electron chi connectivity index (χ2n) is 9.45. The molecule has 8 nitrogen and oxygen atoms in total. The van der Waals surface area contributed by atoms with Crippen molar-refractivity contribution >= 4 is 38.6 Å². The number of sulfonamides is 1. The first-order valence-electron chi connectivity index (χ1n) is 12.5. The summed E-state index contributed by atoms with van der Waals surface area (Å²) in [4.78, 5) is 21.6. The summed E-state index contributed by atoms with van der Waals surface area (Å²) >= 11 is 1.05. The average Bonchev–Trinajstić information content (AvgIpc) is 3.47. The SMILES string of the molecule is CCc1nc2c(C)cc(C)nc2n1Cc1ccc(-c2cc(-c3ccccc3C)sc2S(=O)(=O)NC(=O)O)cc1. The summed E-state index contributed by atoms with van der Waals surface area (Å²) in [6, 6.07) is 19.2. The number of hydrogen-bond acceptors (Lipinski definition) is 6. The molecule has 0 bridgehead atoms. The molecule has 1 amide bonds. The number of imidazole rings is 1. The van der Waals surface area contributed by atoms with Crippen LogP contribution in [-0.2, 0) is 23.0 Å². The van der Waals surface area contributed by atoms with Gasteiger partial charge in [0.05, 0.1) is 6.54 Å². The molecular weight excluding hydrogens is 532 g/mol.